The lowest BCUT2D eigenvalue weighted by Crippen LogP contribution is -2.14. The van der Waals surface area contributed by atoms with Crippen LogP contribution in [-0.4, -0.2) is 26.4 Å². The monoisotopic (exact) mass is 349 g/mol. The first-order valence-corrected chi connectivity index (χ1v) is 9.45. The van der Waals surface area contributed by atoms with Gasteiger partial charge in [-0.3, -0.25) is 4.72 Å². The SMILES string of the molecule is Cc1cc(S(=O)(=O)Cl)ccc1NS(=O)(=O)c1cn(C)cn1. The van der Waals surface area contributed by atoms with Gasteiger partial charge in [-0.1, -0.05) is 0 Å². The van der Waals surface area contributed by atoms with Gasteiger partial charge in [0.05, 0.1) is 16.9 Å². The average molecular weight is 350 g/mol. The first-order valence-electron chi connectivity index (χ1n) is 5.66. The highest BCUT2D eigenvalue weighted by Crippen LogP contribution is 2.24. The standard InChI is InChI=1S/C11H12ClN3O4S2/c1-8-5-9(20(12,16)17)3-4-10(8)14-21(18,19)11-6-15(2)7-13-11/h3-7,14H,1-2H3. The molecule has 0 aliphatic rings. The van der Waals surface area contributed by atoms with Gasteiger partial charge in [-0.15, -0.1) is 0 Å². The van der Waals surface area contributed by atoms with E-state index in [1.165, 1.54) is 35.3 Å². The van der Waals surface area contributed by atoms with E-state index in [2.05, 4.69) is 9.71 Å². The highest BCUT2D eigenvalue weighted by Gasteiger charge is 2.19. The Morgan fingerprint density at radius 2 is 1.90 bits per heavy atom. The van der Waals surface area contributed by atoms with Crippen LogP contribution in [-0.2, 0) is 26.1 Å². The molecule has 0 aliphatic carbocycles. The molecule has 114 valence electrons. The molecule has 10 heteroatoms. The van der Waals surface area contributed by atoms with Gasteiger partial charge in [0.15, 0.2) is 5.03 Å². The molecule has 0 unspecified atom stereocenters. The van der Waals surface area contributed by atoms with E-state index in [1.807, 2.05) is 0 Å². The molecule has 0 saturated heterocycles. The maximum absolute atomic E-state index is 12.1. The molecule has 0 radical (unpaired) electrons. The molecule has 1 heterocycles. The smallest absolute Gasteiger partial charge is 0.280 e. The largest absolute Gasteiger partial charge is 0.339 e. The molecular weight excluding hydrogens is 338 g/mol. The van der Waals surface area contributed by atoms with Crippen LogP contribution in [0.25, 0.3) is 0 Å². The quantitative estimate of drug-likeness (QED) is 0.842. The van der Waals surface area contributed by atoms with Crippen molar-refractivity contribution < 1.29 is 16.8 Å². The van der Waals surface area contributed by atoms with Crippen molar-refractivity contribution in [3.05, 3.63) is 36.3 Å². The molecule has 2 rings (SSSR count). The maximum atomic E-state index is 12.1. The summed E-state index contributed by atoms with van der Waals surface area (Å²) >= 11 is 0. The Balaban J connectivity index is 2.36. The zero-order chi connectivity index (χ0) is 15.8. The number of aromatic nitrogens is 2. The van der Waals surface area contributed by atoms with Crippen LogP contribution in [0, 0.1) is 6.92 Å². The number of nitrogens with one attached hydrogen (secondary N) is 1. The summed E-state index contributed by atoms with van der Waals surface area (Å²) in [7, 11) is -0.797. The minimum absolute atomic E-state index is 0.0950. The van der Waals surface area contributed by atoms with Crippen molar-refractivity contribution in [3.63, 3.8) is 0 Å². The van der Waals surface area contributed by atoms with Gasteiger partial charge in [0.25, 0.3) is 19.1 Å². The van der Waals surface area contributed by atoms with E-state index < -0.39 is 19.1 Å². The molecule has 0 saturated carbocycles. The van der Waals surface area contributed by atoms with E-state index in [1.54, 1.807) is 14.0 Å². The molecule has 21 heavy (non-hydrogen) atoms. The van der Waals surface area contributed by atoms with Gasteiger partial charge in [0.1, 0.15) is 0 Å². The van der Waals surface area contributed by atoms with Crippen molar-refractivity contribution in [2.24, 2.45) is 7.05 Å². The van der Waals surface area contributed by atoms with E-state index in [-0.39, 0.29) is 15.6 Å². The zero-order valence-electron chi connectivity index (χ0n) is 11.1. The number of sulfonamides is 1. The third kappa shape index (κ3) is 3.55. The Kier molecular flexibility index (Phi) is 4.00. The van der Waals surface area contributed by atoms with Crippen molar-refractivity contribution >= 4 is 35.4 Å². The lowest BCUT2D eigenvalue weighted by atomic mass is 10.2. The third-order valence-electron chi connectivity index (χ3n) is 2.68. The summed E-state index contributed by atoms with van der Waals surface area (Å²) in [4.78, 5) is 3.67. The summed E-state index contributed by atoms with van der Waals surface area (Å²) in [5, 5.41) is -0.126. The molecule has 1 N–H and O–H groups in total. The van der Waals surface area contributed by atoms with Crippen molar-refractivity contribution in [3.8, 4) is 0 Å². The van der Waals surface area contributed by atoms with Crippen molar-refractivity contribution in [1.29, 1.82) is 0 Å². The first-order chi connectivity index (χ1) is 9.59. The topological polar surface area (TPSA) is 98.1 Å². The second kappa shape index (κ2) is 5.32. The Bertz CT molecular complexity index is 888. The summed E-state index contributed by atoms with van der Waals surface area (Å²) in [6, 6.07) is 3.86. The number of nitrogens with zero attached hydrogens (tertiary/aromatic N) is 2. The molecule has 2 aromatic rings. The minimum Gasteiger partial charge on any atom is -0.339 e. The zero-order valence-corrected chi connectivity index (χ0v) is 13.5. The van der Waals surface area contributed by atoms with Crippen molar-refractivity contribution in [1.82, 2.24) is 9.55 Å². The lowest BCUT2D eigenvalue weighted by molar-refractivity contribution is 0.598. The number of anilines is 1. The maximum Gasteiger partial charge on any atom is 0.280 e. The van der Waals surface area contributed by atoms with E-state index in [0.29, 0.717) is 5.56 Å². The summed E-state index contributed by atoms with van der Waals surface area (Å²) < 4.78 is 50.5. The first kappa shape index (κ1) is 15.8. The Labute approximate surface area is 127 Å². The second-order valence-electron chi connectivity index (χ2n) is 4.40. The third-order valence-corrected chi connectivity index (χ3v) is 5.28. The summed E-state index contributed by atoms with van der Waals surface area (Å²) in [6.45, 7) is 1.57. The number of hydrogen-bond acceptors (Lipinski definition) is 5. The molecule has 0 bridgehead atoms. The highest BCUT2D eigenvalue weighted by molar-refractivity contribution is 8.13. The Morgan fingerprint density at radius 1 is 1.24 bits per heavy atom. The normalized spacial score (nSPS) is 12.3. The fraction of sp³-hybridized carbons (Fsp3) is 0.182. The van der Waals surface area contributed by atoms with Gasteiger partial charge >= 0.3 is 0 Å². The summed E-state index contributed by atoms with van der Waals surface area (Å²) in [6.07, 6.45) is 2.72. The molecule has 0 fully saturated rings. The average Bonchev–Trinajstić information content (AvgIpc) is 2.78. The van der Waals surface area contributed by atoms with Crippen LogP contribution in [0.5, 0.6) is 0 Å². The molecule has 0 atom stereocenters. The van der Waals surface area contributed by atoms with Gasteiger partial charge in [-0.25, -0.2) is 13.4 Å². The number of halogens is 1. The minimum atomic E-state index is -3.86. The van der Waals surface area contributed by atoms with Crippen LogP contribution >= 0.6 is 10.7 Å². The second-order valence-corrected chi connectivity index (χ2v) is 8.59. The molecule has 7 nitrogen and oxygen atoms in total. The van der Waals surface area contributed by atoms with Crippen LogP contribution < -0.4 is 4.72 Å². The van der Waals surface area contributed by atoms with Gasteiger partial charge in [0, 0.05) is 23.9 Å². The van der Waals surface area contributed by atoms with E-state index in [4.69, 9.17) is 10.7 Å². The lowest BCUT2D eigenvalue weighted by Gasteiger charge is -2.09. The predicted molar refractivity (Wildman–Crippen MR) is 78.2 cm³/mol. The van der Waals surface area contributed by atoms with Crippen LogP contribution in [0.3, 0.4) is 0 Å². The Morgan fingerprint density at radius 3 is 2.38 bits per heavy atom. The molecule has 0 amide bonds. The van der Waals surface area contributed by atoms with Crippen LogP contribution in [0.1, 0.15) is 5.56 Å². The fourth-order valence-electron chi connectivity index (χ4n) is 1.63. The van der Waals surface area contributed by atoms with Crippen LogP contribution in [0.4, 0.5) is 5.69 Å². The number of hydrogen-bond donors (Lipinski definition) is 1. The van der Waals surface area contributed by atoms with Gasteiger partial charge < -0.3 is 4.57 Å². The van der Waals surface area contributed by atoms with Crippen molar-refractivity contribution in [2.75, 3.05) is 4.72 Å². The number of aryl methyl sites for hydroxylation is 2. The highest BCUT2D eigenvalue weighted by atomic mass is 35.7. The number of benzene rings is 1. The molecule has 0 aliphatic heterocycles. The summed E-state index contributed by atoms with van der Waals surface area (Å²) in [5.74, 6) is 0. The molecule has 1 aromatic heterocycles. The summed E-state index contributed by atoms with van der Waals surface area (Å²) in [5.41, 5.74) is 0.681. The van der Waals surface area contributed by atoms with E-state index in [9.17, 15) is 16.8 Å². The number of imidazole rings is 1. The van der Waals surface area contributed by atoms with Crippen LogP contribution in [0.2, 0.25) is 0 Å². The molecular formula is C11H12ClN3O4S2. The van der Waals surface area contributed by atoms with E-state index >= 15 is 0 Å². The van der Waals surface area contributed by atoms with Gasteiger partial charge in [-0.2, -0.15) is 8.42 Å². The van der Waals surface area contributed by atoms with Gasteiger partial charge in [0.2, 0.25) is 0 Å². The van der Waals surface area contributed by atoms with Crippen LogP contribution in [0.15, 0.2) is 40.6 Å². The predicted octanol–water partition coefficient (Wildman–Crippen LogP) is 1.46. The van der Waals surface area contributed by atoms with Gasteiger partial charge in [-0.05, 0) is 30.7 Å². The molecule has 1 aromatic carbocycles. The fourth-order valence-corrected chi connectivity index (χ4v) is 3.58. The van der Waals surface area contributed by atoms with Crippen molar-refractivity contribution in [2.45, 2.75) is 16.8 Å². The molecule has 0 spiro atoms. The number of rotatable bonds is 4. The van der Waals surface area contributed by atoms with E-state index in [0.717, 1.165) is 0 Å². The Hall–Kier alpha value is -1.58.